The summed E-state index contributed by atoms with van der Waals surface area (Å²) in [4.78, 5) is 6.88. The Hall–Kier alpha value is -1.92. The fourth-order valence-electron chi connectivity index (χ4n) is 3.51. The minimum Gasteiger partial charge on any atom is -0.337 e. The molecular formula is C20H22Cl2N4O. The summed E-state index contributed by atoms with van der Waals surface area (Å²) in [7, 11) is 0. The van der Waals surface area contributed by atoms with Gasteiger partial charge in [0.15, 0.2) is 0 Å². The normalized spacial score (nSPS) is 21.0. The number of aromatic nitrogens is 2. The summed E-state index contributed by atoms with van der Waals surface area (Å²) in [5.74, 6) is 1.50. The Morgan fingerprint density at radius 2 is 1.81 bits per heavy atom. The van der Waals surface area contributed by atoms with Crippen molar-refractivity contribution in [3.05, 3.63) is 71.1 Å². The maximum Gasteiger partial charge on any atom is 0.244 e. The van der Waals surface area contributed by atoms with E-state index in [1.807, 2.05) is 30.3 Å². The van der Waals surface area contributed by atoms with Crippen LogP contribution in [0, 0.1) is 0 Å². The van der Waals surface area contributed by atoms with E-state index in [9.17, 15) is 0 Å². The summed E-state index contributed by atoms with van der Waals surface area (Å²) < 4.78 is 5.52. The minimum atomic E-state index is 0. The lowest BCUT2D eigenvalue weighted by Crippen LogP contribution is -2.30. The Bertz CT molecular complexity index is 869. The molecule has 0 saturated carbocycles. The Kier molecular flexibility index (Phi) is 6.17. The molecule has 0 amide bonds. The molecule has 1 aromatic heterocycles. The molecule has 2 N–H and O–H groups in total. The molecule has 1 saturated heterocycles. The number of nitrogens with two attached hydrogens (primary N) is 1. The van der Waals surface area contributed by atoms with Crippen molar-refractivity contribution in [2.24, 2.45) is 5.73 Å². The summed E-state index contributed by atoms with van der Waals surface area (Å²) in [6.07, 6.45) is 0. The van der Waals surface area contributed by atoms with Gasteiger partial charge < -0.3 is 10.3 Å². The molecule has 0 aliphatic carbocycles. The van der Waals surface area contributed by atoms with E-state index in [2.05, 4.69) is 46.2 Å². The summed E-state index contributed by atoms with van der Waals surface area (Å²) in [5, 5.41) is 4.80. The highest BCUT2D eigenvalue weighted by Gasteiger charge is 2.35. The van der Waals surface area contributed by atoms with Crippen LogP contribution in [0.4, 0.5) is 0 Å². The molecule has 7 heteroatoms. The summed E-state index contributed by atoms with van der Waals surface area (Å²) in [6.45, 7) is 3.77. The predicted octanol–water partition coefficient (Wildman–Crippen LogP) is 4.30. The van der Waals surface area contributed by atoms with Gasteiger partial charge in [0.05, 0.1) is 6.04 Å². The molecule has 27 heavy (non-hydrogen) atoms. The maximum absolute atomic E-state index is 6.41. The van der Waals surface area contributed by atoms with E-state index in [4.69, 9.17) is 21.9 Å². The molecule has 142 valence electrons. The first kappa shape index (κ1) is 19.8. The Morgan fingerprint density at radius 3 is 2.52 bits per heavy atom. The lowest BCUT2D eigenvalue weighted by atomic mass is 9.95. The third-order valence-corrected chi connectivity index (χ3v) is 5.32. The molecule has 3 aromatic rings. The number of benzene rings is 2. The van der Waals surface area contributed by atoms with E-state index in [1.165, 1.54) is 5.56 Å². The van der Waals surface area contributed by atoms with Crippen LogP contribution in [0.25, 0.3) is 11.4 Å². The number of likely N-dealkylation sites (tertiary alicyclic amines) is 1. The van der Waals surface area contributed by atoms with Crippen molar-refractivity contribution >= 4 is 24.0 Å². The summed E-state index contributed by atoms with van der Waals surface area (Å²) in [5.41, 5.74) is 8.57. The topological polar surface area (TPSA) is 68.2 Å². The van der Waals surface area contributed by atoms with Crippen molar-refractivity contribution in [3.63, 3.8) is 0 Å². The highest BCUT2D eigenvalue weighted by atomic mass is 35.5. The molecule has 2 aromatic carbocycles. The van der Waals surface area contributed by atoms with Crippen LogP contribution in [0.15, 0.2) is 59.1 Å². The summed E-state index contributed by atoms with van der Waals surface area (Å²) in [6, 6.07) is 18.0. The molecule has 5 nitrogen and oxygen atoms in total. The minimum absolute atomic E-state index is 0. The van der Waals surface area contributed by atoms with E-state index >= 15 is 0 Å². The van der Waals surface area contributed by atoms with Gasteiger partial charge in [0.2, 0.25) is 11.7 Å². The van der Waals surface area contributed by atoms with Gasteiger partial charge in [0.1, 0.15) is 0 Å². The largest absolute Gasteiger partial charge is 0.337 e. The van der Waals surface area contributed by atoms with Crippen LogP contribution in [-0.2, 0) is 0 Å². The fourth-order valence-corrected chi connectivity index (χ4v) is 3.63. The van der Waals surface area contributed by atoms with Crippen LogP contribution in [-0.4, -0.2) is 34.2 Å². The quantitative estimate of drug-likeness (QED) is 0.701. The second-order valence-corrected chi connectivity index (χ2v) is 7.21. The zero-order valence-corrected chi connectivity index (χ0v) is 16.5. The Balaban J connectivity index is 0.00000210. The van der Waals surface area contributed by atoms with Gasteiger partial charge in [-0.1, -0.05) is 47.1 Å². The highest BCUT2D eigenvalue weighted by Crippen LogP contribution is 2.32. The van der Waals surface area contributed by atoms with Gasteiger partial charge in [0, 0.05) is 35.6 Å². The predicted molar refractivity (Wildman–Crippen MR) is 109 cm³/mol. The zero-order valence-electron chi connectivity index (χ0n) is 15.0. The second kappa shape index (κ2) is 8.40. The first-order chi connectivity index (χ1) is 12.6. The second-order valence-electron chi connectivity index (χ2n) is 6.77. The van der Waals surface area contributed by atoms with Gasteiger partial charge in [-0.15, -0.1) is 12.4 Å². The molecule has 2 heterocycles. The highest BCUT2D eigenvalue weighted by molar-refractivity contribution is 6.30. The van der Waals surface area contributed by atoms with E-state index in [-0.39, 0.29) is 24.5 Å². The van der Waals surface area contributed by atoms with Crippen LogP contribution in [0.3, 0.4) is 0 Å². The first-order valence-electron chi connectivity index (χ1n) is 8.76. The molecule has 1 fully saturated rings. The molecule has 1 unspecified atom stereocenters. The third kappa shape index (κ3) is 4.17. The molecule has 1 aliphatic heterocycles. The number of halogens is 2. The molecule has 1 aliphatic rings. The SMILES string of the molecule is CC(c1nc(-c2ccc(Cl)cc2)no1)N1C[C@@H](N)[C@H](c2ccccc2)C1.Cl. The Morgan fingerprint density at radius 1 is 1.11 bits per heavy atom. The van der Waals surface area contributed by atoms with Gasteiger partial charge in [0.25, 0.3) is 0 Å². The number of hydrogen-bond acceptors (Lipinski definition) is 5. The smallest absolute Gasteiger partial charge is 0.244 e. The monoisotopic (exact) mass is 404 g/mol. The van der Waals surface area contributed by atoms with Crippen molar-refractivity contribution in [1.29, 1.82) is 0 Å². The zero-order chi connectivity index (χ0) is 18.1. The van der Waals surface area contributed by atoms with Crippen molar-refractivity contribution in [1.82, 2.24) is 15.0 Å². The van der Waals surface area contributed by atoms with Gasteiger partial charge in [-0.05, 0) is 36.8 Å². The molecule has 0 bridgehead atoms. The standard InChI is InChI=1S/C20H21ClN4O.ClH/c1-13(20-23-19(24-26-20)15-7-9-16(21)10-8-15)25-11-17(18(22)12-25)14-5-3-2-4-6-14;/h2-10,13,17-18H,11-12,22H2,1H3;1H/t13?,17-,18+;/m0./s1. The molecule has 0 radical (unpaired) electrons. The van der Waals surface area contributed by atoms with Crippen molar-refractivity contribution < 1.29 is 4.52 Å². The van der Waals surface area contributed by atoms with Crippen LogP contribution >= 0.6 is 24.0 Å². The Labute approximate surface area is 169 Å². The first-order valence-corrected chi connectivity index (χ1v) is 9.14. The molecule has 4 rings (SSSR count). The van der Waals surface area contributed by atoms with E-state index in [0.29, 0.717) is 22.7 Å². The van der Waals surface area contributed by atoms with Crippen LogP contribution < -0.4 is 5.73 Å². The van der Waals surface area contributed by atoms with Gasteiger partial charge in [-0.3, -0.25) is 4.90 Å². The van der Waals surface area contributed by atoms with Crippen molar-refractivity contribution in [3.8, 4) is 11.4 Å². The number of hydrogen-bond donors (Lipinski definition) is 1. The molecule has 3 atom stereocenters. The average molecular weight is 405 g/mol. The van der Waals surface area contributed by atoms with Crippen LogP contribution in [0.2, 0.25) is 5.02 Å². The van der Waals surface area contributed by atoms with Crippen molar-refractivity contribution in [2.75, 3.05) is 13.1 Å². The third-order valence-electron chi connectivity index (χ3n) is 5.07. The lowest BCUT2D eigenvalue weighted by Gasteiger charge is -2.20. The lowest BCUT2D eigenvalue weighted by molar-refractivity contribution is 0.206. The average Bonchev–Trinajstić information content (AvgIpc) is 3.30. The number of rotatable bonds is 4. The van der Waals surface area contributed by atoms with E-state index < -0.39 is 0 Å². The summed E-state index contributed by atoms with van der Waals surface area (Å²) >= 11 is 5.94. The van der Waals surface area contributed by atoms with Gasteiger partial charge in [-0.25, -0.2) is 0 Å². The van der Waals surface area contributed by atoms with Crippen LogP contribution in [0.5, 0.6) is 0 Å². The van der Waals surface area contributed by atoms with Gasteiger partial charge in [-0.2, -0.15) is 4.98 Å². The van der Waals surface area contributed by atoms with Crippen molar-refractivity contribution in [2.45, 2.75) is 24.9 Å². The van der Waals surface area contributed by atoms with E-state index in [1.54, 1.807) is 0 Å². The van der Waals surface area contributed by atoms with Crippen LogP contribution in [0.1, 0.15) is 30.3 Å². The number of nitrogens with zero attached hydrogens (tertiary/aromatic N) is 3. The molecular weight excluding hydrogens is 383 g/mol. The maximum atomic E-state index is 6.41. The van der Waals surface area contributed by atoms with Gasteiger partial charge >= 0.3 is 0 Å². The fraction of sp³-hybridized carbons (Fsp3) is 0.300. The van der Waals surface area contributed by atoms with E-state index in [0.717, 1.165) is 18.7 Å². The molecule has 0 spiro atoms.